The Bertz CT molecular complexity index is 2060. The number of rotatable bonds is 5. The largest absolute Gasteiger partial charge is 0.309 e. The molecule has 6 aromatic carbocycles. The van der Waals surface area contributed by atoms with Gasteiger partial charge in [0.25, 0.3) is 0 Å². The first kappa shape index (κ1) is 22.1. The van der Waals surface area contributed by atoms with Crippen LogP contribution in [0.2, 0.25) is 0 Å². The van der Waals surface area contributed by atoms with Gasteiger partial charge in [-0.3, -0.25) is 0 Å². The highest BCUT2D eigenvalue weighted by Crippen LogP contribution is 2.40. The first-order valence-electron chi connectivity index (χ1n) is 12.7. The van der Waals surface area contributed by atoms with Crippen LogP contribution in [0.25, 0.3) is 54.1 Å². The van der Waals surface area contributed by atoms with E-state index in [-0.39, 0.29) is 0 Å². The summed E-state index contributed by atoms with van der Waals surface area (Å²) < 4.78 is 2.28. The first-order valence-corrected chi connectivity index (χ1v) is 12.7. The van der Waals surface area contributed by atoms with E-state index in [1.54, 1.807) is 6.08 Å². The highest BCUT2D eigenvalue weighted by molar-refractivity contribution is 6.25. The van der Waals surface area contributed by atoms with Crippen molar-refractivity contribution in [2.24, 2.45) is 0 Å². The van der Waals surface area contributed by atoms with Gasteiger partial charge in [-0.2, -0.15) is 0 Å². The average molecular weight is 488 g/mol. The number of nitrogens with one attached hydrogen (secondary N) is 1. The maximum absolute atomic E-state index is 7.85. The van der Waals surface area contributed by atoms with E-state index in [1.165, 1.54) is 49.3 Å². The fraction of sp³-hybridized carbons (Fsp3) is 0. The average Bonchev–Trinajstić information content (AvgIpc) is 3.31. The molecule has 0 atom stereocenters. The second kappa shape index (κ2) is 8.75. The van der Waals surface area contributed by atoms with Crippen LogP contribution in [0.1, 0.15) is 0 Å². The Balaban J connectivity index is 1.67. The molecule has 38 heavy (non-hydrogen) atoms. The van der Waals surface area contributed by atoms with Crippen molar-refractivity contribution in [2.45, 2.75) is 0 Å². The summed E-state index contributed by atoms with van der Waals surface area (Å²) in [7, 11) is 0. The van der Waals surface area contributed by atoms with Crippen LogP contribution in [0, 0.1) is 5.41 Å². The molecule has 0 amide bonds. The summed E-state index contributed by atoms with van der Waals surface area (Å²) in [6.07, 6.45) is 4.91. The summed E-state index contributed by atoms with van der Waals surface area (Å²) in [4.78, 5) is 0. The molecule has 7 aromatic rings. The minimum atomic E-state index is 0.817. The number of aromatic nitrogens is 1. The Morgan fingerprint density at radius 3 is 1.95 bits per heavy atom. The summed E-state index contributed by atoms with van der Waals surface area (Å²) in [6.45, 7) is 4.10. The standard InChI is InChI=1S/C35H25N3/c1-2-25(22-23-36)37(26-11-4-3-5-12-26)38-34-15-9-8-14-31(34)33-21-19-30-29-17-16-24-10-6-7-13-27(24)28(29)18-20-32(30)35(33)38/h2-23,36H,1H2/b25-22+,36-23?. The smallest absolute Gasteiger partial charge is 0.0794 e. The first-order chi connectivity index (χ1) is 18.8. The van der Waals surface area contributed by atoms with Gasteiger partial charge >= 0.3 is 0 Å². The lowest BCUT2D eigenvalue weighted by molar-refractivity contribution is 0.853. The second-order valence-electron chi connectivity index (χ2n) is 9.44. The molecule has 1 heterocycles. The van der Waals surface area contributed by atoms with Gasteiger partial charge in [-0.15, -0.1) is 0 Å². The van der Waals surface area contributed by atoms with Crippen LogP contribution in [0.3, 0.4) is 0 Å². The van der Waals surface area contributed by atoms with E-state index in [4.69, 9.17) is 5.41 Å². The summed E-state index contributed by atoms with van der Waals surface area (Å²) >= 11 is 0. The summed E-state index contributed by atoms with van der Waals surface area (Å²) in [5, 5.41) is 19.8. The lowest BCUT2D eigenvalue weighted by Gasteiger charge is -2.29. The van der Waals surface area contributed by atoms with Crippen LogP contribution in [0.4, 0.5) is 5.69 Å². The Kier molecular flexibility index (Phi) is 5.09. The van der Waals surface area contributed by atoms with E-state index in [1.807, 2.05) is 24.3 Å². The molecule has 3 nitrogen and oxygen atoms in total. The van der Waals surface area contributed by atoms with E-state index in [0.717, 1.165) is 22.4 Å². The van der Waals surface area contributed by atoms with Gasteiger partial charge in [-0.25, -0.2) is 9.69 Å². The quantitative estimate of drug-likeness (QED) is 0.146. The molecule has 0 aliphatic heterocycles. The van der Waals surface area contributed by atoms with Gasteiger partial charge < -0.3 is 5.41 Å². The highest BCUT2D eigenvalue weighted by atomic mass is 15.6. The maximum atomic E-state index is 7.85. The third-order valence-electron chi connectivity index (χ3n) is 7.44. The van der Waals surface area contributed by atoms with Gasteiger partial charge in [0.2, 0.25) is 0 Å². The summed E-state index contributed by atoms with van der Waals surface area (Å²) in [6, 6.07) is 40.9. The van der Waals surface area contributed by atoms with Gasteiger partial charge in [-0.05, 0) is 57.3 Å². The number of allylic oxidation sites excluding steroid dienone is 2. The maximum Gasteiger partial charge on any atom is 0.0794 e. The third-order valence-corrected chi connectivity index (χ3v) is 7.44. The number of hydrogen-bond acceptors (Lipinski definition) is 2. The Hall–Kier alpha value is -5.15. The van der Waals surface area contributed by atoms with Gasteiger partial charge in [0.1, 0.15) is 0 Å². The molecule has 0 saturated carbocycles. The number of nitrogens with zero attached hydrogens (tertiary/aromatic N) is 2. The van der Waals surface area contributed by atoms with E-state index in [0.29, 0.717) is 0 Å². The van der Waals surface area contributed by atoms with E-state index in [2.05, 4.69) is 113 Å². The third kappa shape index (κ3) is 3.19. The topological polar surface area (TPSA) is 32.0 Å². The molecule has 3 heteroatoms. The number of hydrogen-bond donors (Lipinski definition) is 1. The molecule has 0 aliphatic carbocycles. The SMILES string of the molecule is C=C/C(=C\C=N)N(c1ccccc1)n1c2ccccc2c2ccc3c4ccc5ccccc5c4ccc3c21. The molecule has 0 bridgehead atoms. The lowest BCUT2D eigenvalue weighted by atomic mass is 9.96. The molecule has 0 fully saturated rings. The molecular weight excluding hydrogens is 462 g/mol. The van der Waals surface area contributed by atoms with Gasteiger partial charge in [0.15, 0.2) is 0 Å². The fourth-order valence-electron chi connectivity index (χ4n) is 5.81. The molecule has 0 aliphatic rings. The van der Waals surface area contributed by atoms with Crippen molar-refractivity contribution in [1.82, 2.24) is 4.68 Å². The van der Waals surface area contributed by atoms with Crippen molar-refractivity contribution in [3.8, 4) is 0 Å². The van der Waals surface area contributed by atoms with Crippen molar-refractivity contribution < 1.29 is 0 Å². The number of benzene rings is 6. The second-order valence-corrected chi connectivity index (χ2v) is 9.44. The van der Waals surface area contributed by atoms with Gasteiger partial charge in [-0.1, -0.05) is 104 Å². The van der Waals surface area contributed by atoms with Crippen molar-refractivity contribution in [3.05, 3.63) is 140 Å². The van der Waals surface area contributed by atoms with Gasteiger partial charge in [0, 0.05) is 22.4 Å². The predicted octanol–water partition coefficient (Wildman–Crippen LogP) is 9.24. The zero-order chi connectivity index (χ0) is 25.6. The van der Waals surface area contributed by atoms with Crippen LogP contribution in [-0.2, 0) is 0 Å². The van der Waals surface area contributed by atoms with E-state index < -0.39 is 0 Å². The fourth-order valence-corrected chi connectivity index (χ4v) is 5.81. The predicted molar refractivity (Wildman–Crippen MR) is 163 cm³/mol. The lowest BCUT2D eigenvalue weighted by Crippen LogP contribution is -2.28. The van der Waals surface area contributed by atoms with Gasteiger partial charge in [0.05, 0.1) is 22.4 Å². The molecule has 0 saturated heterocycles. The molecular formula is C35H25N3. The Morgan fingerprint density at radius 2 is 1.18 bits per heavy atom. The van der Waals surface area contributed by atoms with Crippen molar-refractivity contribution >= 4 is 66.0 Å². The van der Waals surface area contributed by atoms with Crippen LogP contribution < -0.4 is 5.01 Å². The normalized spacial score (nSPS) is 12.1. The number of anilines is 1. The highest BCUT2D eigenvalue weighted by Gasteiger charge is 2.21. The Morgan fingerprint density at radius 1 is 0.605 bits per heavy atom. The summed E-state index contributed by atoms with van der Waals surface area (Å²) in [5.74, 6) is 0. The van der Waals surface area contributed by atoms with Crippen LogP contribution in [0.5, 0.6) is 0 Å². The molecule has 1 N–H and O–H groups in total. The van der Waals surface area contributed by atoms with Crippen LogP contribution >= 0.6 is 0 Å². The molecule has 7 rings (SSSR count). The minimum absolute atomic E-state index is 0.817. The summed E-state index contributed by atoms with van der Waals surface area (Å²) in [5.41, 5.74) is 4.03. The monoisotopic (exact) mass is 487 g/mol. The molecule has 0 unspecified atom stereocenters. The van der Waals surface area contributed by atoms with Crippen molar-refractivity contribution in [2.75, 3.05) is 5.01 Å². The molecule has 0 spiro atoms. The Labute approximate surface area is 220 Å². The zero-order valence-electron chi connectivity index (χ0n) is 20.8. The molecule has 180 valence electrons. The minimum Gasteiger partial charge on any atom is -0.309 e. The molecule has 0 radical (unpaired) electrons. The van der Waals surface area contributed by atoms with Crippen LogP contribution in [-0.4, -0.2) is 10.9 Å². The van der Waals surface area contributed by atoms with E-state index in [9.17, 15) is 0 Å². The zero-order valence-corrected chi connectivity index (χ0v) is 20.8. The van der Waals surface area contributed by atoms with E-state index >= 15 is 0 Å². The number of para-hydroxylation sites is 2. The van der Waals surface area contributed by atoms with Crippen LogP contribution in [0.15, 0.2) is 140 Å². The van der Waals surface area contributed by atoms with Crippen molar-refractivity contribution in [1.29, 1.82) is 5.41 Å². The molecule has 1 aromatic heterocycles. The van der Waals surface area contributed by atoms with Crippen molar-refractivity contribution in [3.63, 3.8) is 0 Å². The number of fused-ring (bicyclic) bond motifs is 9.